The molecule has 1 rings (SSSR count). The highest BCUT2D eigenvalue weighted by Gasteiger charge is 2.14. The third kappa shape index (κ3) is 11.0. The summed E-state index contributed by atoms with van der Waals surface area (Å²) < 4.78 is 26.9. The maximum atomic E-state index is 12.2. The number of nitrogens with zero attached hydrogens (tertiary/aromatic N) is 1. The Morgan fingerprint density at radius 3 is 2.43 bits per heavy atom. The number of sulfonamides is 1. The van der Waals surface area contributed by atoms with Gasteiger partial charge in [-0.2, -0.15) is 0 Å². The second-order valence-corrected chi connectivity index (χ2v) is 8.98. The molecule has 0 atom stereocenters. The molecule has 0 aliphatic carbocycles. The molecule has 0 saturated heterocycles. The van der Waals surface area contributed by atoms with Crippen molar-refractivity contribution < 1.29 is 13.2 Å². The SMILES string of the molecule is CCNC(=NCC(=O)NC(C)(C)C)NCCNS(=O)(=O)c1cccc(Cl)c1.I. The molecule has 0 bridgehead atoms. The smallest absolute Gasteiger partial charge is 0.242 e. The van der Waals surface area contributed by atoms with Crippen LogP contribution in [0, 0.1) is 0 Å². The van der Waals surface area contributed by atoms with Crippen LogP contribution in [0.15, 0.2) is 34.2 Å². The zero-order chi connectivity index (χ0) is 20.5. The monoisotopic (exact) mass is 545 g/mol. The third-order valence-electron chi connectivity index (χ3n) is 3.06. The highest BCUT2D eigenvalue weighted by Crippen LogP contribution is 2.14. The Hall–Kier alpha value is -1.11. The van der Waals surface area contributed by atoms with Gasteiger partial charge in [-0.25, -0.2) is 18.1 Å². The molecule has 4 N–H and O–H groups in total. The molecule has 0 spiro atoms. The highest BCUT2D eigenvalue weighted by atomic mass is 127. The molecule has 1 aromatic carbocycles. The first-order chi connectivity index (χ1) is 12.5. The second-order valence-electron chi connectivity index (χ2n) is 6.78. The minimum absolute atomic E-state index is 0. The fourth-order valence-corrected chi connectivity index (χ4v) is 3.37. The molecule has 160 valence electrons. The van der Waals surface area contributed by atoms with Crippen LogP contribution in [0.1, 0.15) is 27.7 Å². The first-order valence-electron chi connectivity index (χ1n) is 8.62. The van der Waals surface area contributed by atoms with Gasteiger partial charge in [0.1, 0.15) is 6.54 Å². The van der Waals surface area contributed by atoms with E-state index in [0.717, 1.165) is 0 Å². The second kappa shape index (κ2) is 12.5. The summed E-state index contributed by atoms with van der Waals surface area (Å²) >= 11 is 5.83. The average molecular weight is 546 g/mol. The van der Waals surface area contributed by atoms with Gasteiger partial charge < -0.3 is 16.0 Å². The van der Waals surface area contributed by atoms with Gasteiger partial charge >= 0.3 is 0 Å². The van der Waals surface area contributed by atoms with Crippen LogP contribution in [0.5, 0.6) is 0 Å². The number of hydrogen-bond acceptors (Lipinski definition) is 4. The number of carbonyl (C=O) groups is 1. The fraction of sp³-hybridized carbons (Fsp3) is 0.529. The van der Waals surface area contributed by atoms with Crippen LogP contribution >= 0.6 is 35.6 Å². The first kappa shape index (κ1) is 26.9. The van der Waals surface area contributed by atoms with Crippen LogP contribution in [0.25, 0.3) is 0 Å². The molecule has 0 radical (unpaired) electrons. The number of carbonyl (C=O) groups excluding carboxylic acids is 1. The standard InChI is InChI=1S/C17H28ClN5O3S.HI/c1-5-19-16(21-12-15(24)23-17(2,3)4)20-9-10-22-27(25,26)14-8-6-7-13(18)11-14;/h6-8,11,22H,5,9-10,12H2,1-4H3,(H,23,24)(H2,19,20,21);1H. The zero-order valence-corrected chi connectivity index (χ0v) is 20.4. The number of guanidine groups is 1. The van der Waals surface area contributed by atoms with E-state index in [9.17, 15) is 13.2 Å². The molecular formula is C17H29ClIN5O3S. The lowest BCUT2D eigenvalue weighted by Crippen LogP contribution is -2.44. The Labute approximate surface area is 189 Å². The molecule has 0 aliphatic rings. The maximum Gasteiger partial charge on any atom is 0.242 e. The summed E-state index contributed by atoms with van der Waals surface area (Å²) in [6, 6.07) is 6.04. The Bertz CT molecular complexity index is 766. The number of amides is 1. The quantitative estimate of drug-likeness (QED) is 0.172. The fourth-order valence-electron chi connectivity index (χ4n) is 2.03. The van der Waals surface area contributed by atoms with E-state index in [1.54, 1.807) is 12.1 Å². The van der Waals surface area contributed by atoms with E-state index in [2.05, 4.69) is 25.7 Å². The van der Waals surface area contributed by atoms with Gasteiger partial charge in [0.05, 0.1) is 4.90 Å². The summed E-state index contributed by atoms with van der Waals surface area (Å²) in [4.78, 5) is 16.1. The predicted octanol–water partition coefficient (Wildman–Crippen LogP) is 1.71. The molecule has 0 aromatic heterocycles. The van der Waals surface area contributed by atoms with E-state index in [0.29, 0.717) is 24.1 Å². The normalized spacial score (nSPS) is 12.1. The van der Waals surface area contributed by atoms with E-state index in [1.807, 2.05) is 27.7 Å². The Balaban J connectivity index is 0.00000729. The highest BCUT2D eigenvalue weighted by molar-refractivity contribution is 14.0. The Morgan fingerprint density at radius 1 is 1.18 bits per heavy atom. The van der Waals surface area contributed by atoms with Crippen molar-refractivity contribution in [1.82, 2.24) is 20.7 Å². The van der Waals surface area contributed by atoms with Crippen LogP contribution in [0.2, 0.25) is 5.02 Å². The van der Waals surface area contributed by atoms with Gasteiger partial charge in [0.2, 0.25) is 15.9 Å². The maximum absolute atomic E-state index is 12.2. The molecule has 0 heterocycles. The number of halogens is 2. The summed E-state index contributed by atoms with van der Waals surface area (Å²) in [6.45, 7) is 8.61. The van der Waals surface area contributed by atoms with Crippen LogP contribution in [0.4, 0.5) is 0 Å². The van der Waals surface area contributed by atoms with E-state index in [1.165, 1.54) is 12.1 Å². The third-order valence-corrected chi connectivity index (χ3v) is 4.75. The molecule has 1 aromatic rings. The minimum Gasteiger partial charge on any atom is -0.357 e. The summed E-state index contributed by atoms with van der Waals surface area (Å²) in [5, 5.41) is 9.16. The summed E-state index contributed by atoms with van der Waals surface area (Å²) in [7, 11) is -3.64. The van der Waals surface area contributed by atoms with Crippen molar-refractivity contribution in [1.29, 1.82) is 0 Å². The van der Waals surface area contributed by atoms with Gasteiger partial charge in [0.25, 0.3) is 0 Å². The number of nitrogens with one attached hydrogen (secondary N) is 4. The molecule has 11 heteroatoms. The van der Waals surface area contributed by atoms with E-state index in [-0.39, 0.29) is 53.4 Å². The molecule has 1 amide bonds. The van der Waals surface area contributed by atoms with Crippen LogP contribution in [-0.4, -0.2) is 52.0 Å². The average Bonchev–Trinajstić information content (AvgIpc) is 2.55. The van der Waals surface area contributed by atoms with Crippen molar-refractivity contribution in [3.05, 3.63) is 29.3 Å². The lowest BCUT2D eigenvalue weighted by Gasteiger charge is -2.20. The molecule has 0 fully saturated rings. The molecule has 0 aliphatic heterocycles. The topological polar surface area (TPSA) is 112 Å². The predicted molar refractivity (Wildman–Crippen MR) is 124 cm³/mol. The van der Waals surface area contributed by atoms with Crippen molar-refractivity contribution in [2.24, 2.45) is 4.99 Å². The van der Waals surface area contributed by atoms with E-state index >= 15 is 0 Å². The molecule has 28 heavy (non-hydrogen) atoms. The summed E-state index contributed by atoms with van der Waals surface area (Å²) in [5.41, 5.74) is -0.322. The lowest BCUT2D eigenvalue weighted by atomic mass is 10.1. The lowest BCUT2D eigenvalue weighted by molar-refractivity contribution is -0.121. The van der Waals surface area contributed by atoms with Crippen molar-refractivity contribution in [2.45, 2.75) is 38.1 Å². The molecule has 0 saturated carbocycles. The largest absolute Gasteiger partial charge is 0.357 e. The number of rotatable bonds is 8. The number of benzene rings is 1. The Kier molecular flexibility index (Phi) is 12.0. The molecular weight excluding hydrogens is 517 g/mol. The van der Waals surface area contributed by atoms with Gasteiger partial charge in [-0.05, 0) is 45.9 Å². The van der Waals surface area contributed by atoms with Crippen LogP contribution in [0.3, 0.4) is 0 Å². The van der Waals surface area contributed by atoms with Crippen molar-refractivity contribution in [3.8, 4) is 0 Å². The van der Waals surface area contributed by atoms with Crippen LogP contribution in [-0.2, 0) is 14.8 Å². The van der Waals surface area contributed by atoms with Gasteiger partial charge in [0, 0.05) is 30.2 Å². The van der Waals surface area contributed by atoms with Gasteiger partial charge in [-0.3, -0.25) is 4.79 Å². The van der Waals surface area contributed by atoms with Gasteiger partial charge in [-0.15, -0.1) is 24.0 Å². The number of aliphatic imine (C=N–C) groups is 1. The first-order valence-corrected chi connectivity index (χ1v) is 10.5. The number of hydrogen-bond donors (Lipinski definition) is 4. The van der Waals surface area contributed by atoms with E-state index < -0.39 is 10.0 Å². The van der Waals surface area contributed by atoms with Gasteiger partial charge in [-0.1, -0.05) is 17.7 Å². The Morgan fingerprint density at radius 2 is 1.86 bits per heavy atom. The molecule has 8 nitrogen and oxygen atoms in total. The van der Waals surface area contributed by atoms with Gasteiger partial charge in [0.15, 0.2) is 5.96 Å². The minimum atomic E-state index is -3.64. The van der Waals surface area contributed by atoms with Crippen molar-refractivity contribution in [2.75, 3.05) is 26.2 Å². The molecule has 0 unspecified atom stereocenters. The summed E-state index contributed by atoms with van der Waals surface area (Å²) in [6.07, 6.45) is 0. The van der Waals surface area contributed by atoms with Crippen LogP contribution < -0.4 is 20.7 Å². The summed E-state index contributed by atoms with van der Waals surface area (Å²) in [5.74, 6) is 0.241. The van der Waals surface area contributed by atoms with Crippen molar-refractivity contribution in [3.63, 3.8) is 0 Å². The zero-order valence-electron chi connectivity index (χ0n) is 16.5. The van der Waals surface area contributed by atoms with Crippen molar-refractivity contribution >= 4 is 57.5 Å². The van der Waals surface area contributed by atoms with E-state index in [4.69, 9.17) is 11.6 Å².